The lowest BCUT2D eigenvalue weighted by molar-refractivity contribution is -0.916. The van der Waals surface area contributed by atoms with Crippen molar-refractivity contribution in [3.05, 3.63) is 59.7 Å². The number of quaternary nitrogens is 1. The highest BCUT2D eigenvalue weighted by atomic mass is 79.9. The fourth-order valence-corrected chi connectivity index (χ4v) is 5.19. The number of para-hydroxylation sites is 1. The van der Waals surface area contributed by atoms with E-state index in [4.69, 9.17) is 9.47 Å². The van der Waals surface area contributed by atoms with Gasteiger partial charge in [-0.15, -0.1) is 0 Å². The van der Waals surface area contributed by atoms with E-state index in [2.05, 4.69) is 19.2 Å². The fraction of sp³-hybridized carbons (Fsp3) is 0.548. The molecule has 7 heteroatoms. The highest BCUT2D eigenvalue weighted by Crippen LogP contribution is 2.22. The van der Waals surface area contributed by atoms with E-state index in [9.17, 15) is 9.59 Å². The van der Waals surface area contributed by atoms with Crippen molar-refractivity contribution in [2.24, 2.45) is 0 Å². The number of amides is 1. The normalized spacial score (nSPS) is 13.9. The first kappa shape index (κ1) is 31.8. The molecule has 2 aromatic carbocycles. The number of rotatable bonds is 16. The SMILES string of the molecule is CCCCCCCCOc1ccccc1C(=O)Nc1ccc(C(=O)OCC[N+]2(CCC)CCCC2)cc1.[Br-]. The Hall–Kier alpha value is -2.38. The van der Waals surface area contributed by atoms with Gasteiger partial charge in [0.1, 0.15) is 18.9 Å². The predicted molar refractivity (Wildman–Crippen MR) is 149 cm³/mol. The van der Waals surface area contributed by atoms with Crippen LogP contribution in [0.25, 0.3) is 0 Å². The predicted octanol–water partition coefficient (Wildman–Crippen LogP) is 3.86. The number of halogens is 1. The molecular weight excluding hydrogens is 544 g/mol. The molecule has 0 aliphatic carbocycles. The number of benzene rings is 2. The summed E-state index contributed by atoms with van der Waals surface area (Å²) in [5, 5.41) is 2.92. The molecular formula is C31H45BrN2O4. The third-order valence-electron chi connectivity index (χ3n) is 7.28. The third-order valence-corrected chi connectivity index (χ3v) is 7.28. The summed E-state index contributed by atoms with van der Waals surface area (Å²) in [5.41, 5.74) is 1.61. The summed E-state index contributed by atoms with van der Waals surface area (Å²) in [6.07, 6.45) is 10.8. The Kier molecular flexibility index (Phi) is 14.5. The molecule has 3 rings (SSSR count). The monoisotopic (exact) mass is 588 g/mol. The van der Waals surface area contributed by atoms with Crippen molar-refractivity contribution in [2.75, 3.05) is 44.7 Å². The van der Waals surface area contributed by atoms with Crippen LogP contribution in [0.1, 0.15) is 92.4 Å². The molecule has 1 heterocycles. The molecule has 38 heavy (non-hydrogen) atoms. The van der Waals surface area contributed by atoms with Gasteiger partial charge in [0.2, 0.25) is 0 Å². The van der Waals surface area contributed by atoms with Gasteiger partial charge in [-0.25, -0.2) is 4.79 Å². The molecule has 1 amide bonds. The van der Waals surface area contributed by atoms with Crippen molar-refractivity contribution < 1.29 is 40.5 Å². The Bertz CT molecular complexity index is 974. The zero-order chi connectivity index (χ0) is 26.3. The van der Waals surface area contributed by atoms with Crippen molar-refractivity contribution in [3.8, 4) is 5.75 Å². The van der Waals surface area contributed by atoms with Crippen LogP contribution in [-0.4, -0.2) is 55.8 Å². The van der Waals surface area contributed by atoms with E-state index in [-0.39, 0.29) is 28.9 Å². The maximum atomic E-state index is 12.9. The molecule has 0 aromatic heterocycles. The zero-order valence-electron chi connectivity index (χ0n) is 23.2. The minimum absolute atomic E-state index is 0. The number of esters is 1. The molecule has 2 aromatic rings. The van der Waals surface area contributed by atoms with Crippen LogP contribution in [0, 0.1) is 0 Å². The van der Waals surface area contributed by atoms with Crippen LogP contribution < -0.4 is 27.0 Å². The van der Waals surface area contributed by atoms with Gasteiger partial charge in [-0.1, -0.05) is 58.1 Å². The number of unbranched alkanes of at least 4 members (excludes halogenated alkanes) is 5. The number of ether oxygens (including phenoxy) is 2. The van der Waals surface area contributed by atoms with Gasteiger partial charge >= 0.3 is 5.97 Å². The third kappa shape index (κ3) is 10.1. The van der Waals surface area contributed by atoms with E-state index in [1.807, 2.05) is 18.2 Å². The molecule has 210 valence electrons. The molecule has 1 N–H and O–H groups in total. The molecule has 1 aliphatic rings. The van der Waals surface area contributed by atoms with Crippen LogP contribution in [0.2, 0.25) is 0 Å². The van der Waals surface area contributed by atoms with Gasteiger partial charge in [-0.3, -0.25) is 4.79 Å². The van der Waals surface area contributed by atoms with E-state index in [1.54, 1.807) is 30.3 Å². The van der Waals surface area contributed by atoms with E-state index < -0.39 is 0 Å². The smallest absolute Gasteiger partial charge is 0.338 e. The lowest BCUT2D eigenvalue weighted by atomic mass is 10.1. The molecule has 1 aliphatic heterocycles. The highest BCUT2D eigenvalue weighted by Gasteiger charge is 2.31. The average molecular weight is 590 g/mol. The number of anilines is 1. The van der Waals surface area contributed by atoms with Crippen molar-refractivity contribution in [1.29, 1.82) is 0 Å². The van der Waals surface area contributed by atoms with Gasteiger partial charge in [0.25, 0.3) is 5.91 Å². The van der Waals surface area contributed by atoms with Crippen molar-refractivity contribution in [3.63, 3.8) is 0 Å². The van der Waals surface area contributed by atoms with E-state index in [1.165, 1.54) is 51.6 Å². The van der Waals surface area contributed by atoms with Crippen molar-refractivity contribution >= 4 is 17.6 Å². The highest BCUT2D eigenvalue weighted by molar-refractivity contribution is 6.06. The van der Waals surface area contributed by atoms with Crippen LogP contribution in [0.4, 0.5) is 5.69 Å². The number of hydrogen-bond donors (Lipinski definition) is 1. The molecule has 6 nitrogen and oxygen atoms in total. The second-order valence-electron chi connectivity index (χ2n) is 10.2. The molecule has 0 atom stereocenters. The van der Waals surface area contributed by atoms with Crippen LogP contribution >= 0.6 is 0 Å². The molecule has 0 saturated carbocycles. The fourth-order valence-electron chi connectivity index (χ4n) is 5.19. The summed E-state index contributed by atoms with van der Waals surface area (Å²) in [6, 6.07) is 14.2. The summed E-state index contributed by atoms with van der Waals surface area (Å²) >= 11 is 0. The first-order chi connectivity index (χ1) is 18.1. The molecule has 0 radical (unpaired) electrons. The first-order valence-corrected chi connectivity index (χ1v) is 14.2. The van der Waals surface area contributed by atoms with E-state index in [0.29, 0.717) is 35.8 Å². The second kappa shape index (κ2) is 17.3. The van der Waals surface area contributed by atoms with Gasteiger partial charge in [0.05, 0.1) is 37.4 Å². The summed E-state index contributed by atoms with van der Waals surface area (Å²) < 4.78 is 12.6. The lowest BCUT2D eigenvalue weighted by Crippen LogP contribution is -3.00. The van der Waals surface area contributed by atoms with Gasteiger partial charge in [0, 0.05) is 18.5 Å². The largest absolute Gasteiger partial charge is 1.00 e. The van der Waals surface area contributed by atoms with Crippen LogP contribution in [0.5, 0.6) is 5.75 Å². The van der Waals surface area contributed by atoms with Crippen LogP contribution in [0.15, 0.2) is 48.5 Å². The summed E-state index contributed by atoms with van der Waals surface area (Å²) in [5.74, 6) is 0.0415. The van der Waals surface area contributed by atoms with Gasteiger partial charge in [0.15, 0.2) is 0 Å². The Morgan fingerprint density at radius 2 is 1.50 bits per heavy atom. The van der Waals surface area contributed by atoms with Gasteiger partial charge in [-0.2, -0.15) is 0 Å². The Morgan fingerprint density at radius 1 is 0.816 bits per heavy atom. The maximum absolute atomic E-state index is 12.9. The summed E-state index contributed by atoms with van der Waals surface area (Å²) in [6.45, 7) is 9.88. The maximum Gasteiger partial charge on any atom is 0.338 e. The summed E-state index contributed by atoms with van der Waals surface area (Å²) in [7, 11) is 0. The topological polar surface area (TPSA) is 64.6 Å². The number of nitrogens with one attached hydrogen (secondary N) is 1. The Morgan fingerprint density at radius 3 is 2.21 bits per heavy atom. The minimum atomic E-state index is -0.319. The summed E-state index contributed by atoms with van der Waals surface area (Å²) in [4.78, 5) is 25.5. The van der Waals surface area contributed by atoms with Crippen molar-refractivity contribution in [2.45, 2.75) is 71.6 Å². The molecule has 0 bridgehead atoms. The van der Waals surface area contributed by atoms with E-state index in [0.717, 1.165) is 36.8 Å². The standard InChI is InChI=1S/C31H44N2O4.BrH/c1-3-5-6-7-8-13-24-36-29-15-10-9-14-28(29)30(34)32-27-18-16-26(17-19-27)31(35)37-25-23-33(20-4-2)21-11-12-22-33;/h9-10,14-19H,3-8,11-13,20-25H2,1-2H3;1H. The van der Waals surface area contributed by atoms with Gasteiger partial charge in [-0.05, 0) is 49.2 Å². The number of likely N-dealkylation sites (tertiary alicyclic amines) is 1. The van der Waals surface area contributed by atoms with Crippen molar-refractivity contribution in [1.82, 2.24) is 0 Å². The Balaban J connectivity index is 0.00000507. The molecule has 1 saturated heterocycles. The quantitative estimate of drug-likeness (QED) is 0.184. The number of hydrogen-bond acceptors (Lipinski definition) is 4. The number of carbonyl (C=O) groups is 2. The minimum Gasteiger partial charge on any atom is -1.00 e. The van der Waals surface area contributed by atoms with Gasteiger partial charge < -0.3 is 36.3 Å². The first-order valence-electron chi connectivity index (χ1n) is 14.2. The number of nitrogens with zero attached hydrogens (tertiary/aromatic N) is 1. The zero-order valence-corrected chi connectivity index (χ0v) is 24.8. The Labute approximate surface area is 239 Å². The van der Waals surface area contributed by atoms with Crippen LogP contribution in [-0.2, 0) is 4.74 Å². The molecule has 0 unspecified atom stereocenters. The molecule has 1 fully saturated rings. The second-order valence-corrected chi connectivity index (χ2v) is 10.2. The number of carbonyl (C=O) groups excluding carboxylic acids is 2. The van der Waals surface area contributed by atoms with Crippen LogP contribution in [0.3, 0.4) is 0 Å². The van der Waals surface area contributed by atoms with E-state index >= 15 is 0 Å². The molecule has 0 spiro atoms. The lowest BCUT2D eigenvalue weighted by Gasteiger charge is -2.33. The average Bonchev–Trinajstić information content (AvgIpc) is 3.37.